The molecule has 43 heavy (non-hydrogen) atoms. The fourth-order valence-corrected chi connectivity index (χ4v) is 6.87. The van der Waals surface area contributed by atoms with Gasteiger partial charge in [0.05, 0.1) is 11.3 Å². The van der Waals surface area contributed by atoms with Crippen molar-refractivity contribution in [2.75, 3.05) is 45.9 Å². The van der Waals surface area contributed by atoms with Gasteiger partial charge in [-0.05, 0) is 67.6 Å². The van der Waals surface area contributed by atoms with E-state index >= 15 is 0 Å². The number of nitrogens with one attached hydrogen (secondary N) is 1. The number of aromatic nitrogens is 2. The van der Waals surface area contributed by atoms with Crippen LogP contribution in [0.2, 0.25) is 0 Å². The summed E-state index contributed by atoms with van der Waals surface area (Å²) in [5, 5.41) is 18.2. The Hall–Kier alpha value is -3.73. The van der Waals surface area contributed by atoms with Gasteiger partial charge in [0.25, 0.3) is 11.8 Å². The lowest BCUT2D eigenvalue weighted by atomic mass is 9.73. The van der Waals surface area contributed by atoms with Crippen molar-refractivity contribution in [1.82, 2.24) is 24.9 Å². The maximum absolute atomic E-state index is 13.8. The number of aryl methyl sites for hydroxylation is 1. The van der Waals surface area contributed by atoms with Crippen LogP contribution in [-0.4, -0.2) is 94.3 Å². The number of carboxylic acid groups (broad SMARTS) is 1. The Balaban J connectivity index is 1.45. The molecule has 0 bridgehead atoms. The molecule has 1 aromatic heterocycles. The standard InChI is InChI=1S/C32H43N5O6/c1-5-37-27-25(18-32(20-33-28(27)39)9-15-43-16-10-32)26(34-37)19-31(3,4)17-24-22(7-6-8-23(24)30(41)42)29(40)36-13-11-35(12-14-36)21(2)38/h6-8H,5,9-20H2,1-4H3,(H,33,39)(H,41,42). The van der Waals surface area contributed by atoms with Crippen LogP contribution in [0.4, 0.5) is 0 Å². The first kappa shape index (κ1) is 30.7. The first-order valence-electron chi connectivity index (χ1n) is 15.3. The van der Waals surface area contributed by atoms with Gasteiger partial charge in [-0.15, -0.1) is 0 Å². The average Bonchev–Trinajstić information content (AvgIpc) is 3.24. The molecule has 0 unspecified atom stereocenters. The summed E-state index contributed by atoms with van der Waals surface area (Å²) in [6.45, 7) is 11.8. The zero-order chi connectivity index (χ0) is 30.9. The zero-order valence-electron chi connectivity index (χ0n) is 25.7. The highest BCUT2D eigenvalue weighted by molar-refractivity contribution is 6.00. The Labute approximate surface area is 252 Å². The van der Waals surface area contributed by atoms with E-state index in [1.165, 1.54) is 6.92 Å². The summed E-state index contributed by atoms with van der Waals surface area (Å²) in [6, 6.07) is 4.87. The van der Waals surface area contributed by atoms with Crippen molar-refractivity contribution < 1.29 is 29.0 Å². The first-order valence-corrected chi connectivity index (χ1v) is 15.3. The van der Waals surface area contributed by atoms with Crippen molar-refractivity contribution in [2.24, 2.45) is 10.8 Å². The van der Waals surface area contributed by atoms with Crippen LogP contribution in [0.5, 0.6) is 0 Å². The molecule has 4 heterocycles. The van der Waals surface area contributed by atoms with E-state index in [2.05, 4.69) is 19.2 Å². The lowest BCUT2D eigenvalue weighted by Gasteiger charge is -2.36. The second-order valence-corrected chi connectivity index (χ2v) is 13.0. The molecule has 0 radical (unpaired) electrons. The number of carboxylic acids is 1. The Morgan fingerprint density at radius 1 is 1.05 bits per heavy atom. The van der Waals surface area contributed by atoms with Crippen molar-refractivity contribution >= 4 is 23.7 Å². The number of carbonyl (C=O) groups excluding carboxylic acids is 3. The minimum atomic E-state index is -1.08. The Kier molecular flexibility index (Phi) is 8.65. The van der Waals surface area contributed by atoms with Gasteiger partial charge in [0.2, 0.25) is 5.91 Å². The van der Waals surface area contributed by atoms with Gasteiger partial charge in [-0.1, -0.05) is 19.9 Å². The summed E-state index contributed by atoms with van der Waals surface area (Å²) in [5.74, 6) is -1.43. The number of nitrogens with zero attached hydrogens (tertiary/aromatic N) is 4. The van der Waals surface area contributed by atoms with E-state index in [1.807, 2.05) is 6.92 Å². The highest BCUT2D eigenvalue weighted by Crippen LogP contribution is 2.39. The molecule has 2 N–H and O–H groups in total. The number of amides is 3. The monoisotopic (exact) mass is 593 g/mol. The normalized spacial score (nSPS) is 18.7. The van der Waals surface area contributed by atoms with E-state index < -0.39 is 11.4 Å². The number of aromatic carboxylic acids is 1. The molecule has 1 aromatic carbocycles. The first-order chi connectivity index (χ1) is 20.4. The van der Waals surface area contributed by atoms with E-state index in [0.717, 1.165) is 30.5 Å². The summed E-state index contributed by atoms with van der Waals surface area (Å²) in [4.78, 5) is 54.6. The van der Waals surface area contributed by atoms with Gasteiger partial charge in [0.1, 0.15) is 5.69 Å². The molecule has 0 aliphatic carbocycles. The molecule has 5 rings (SSSR count). The Bertz CT molecular complexity index is 1420. The minimum Gasteiger partial charge on any atom is -0.478 e. The fourth-order valence-electron chi connectivity index (χ4n) is 6.87. The van der Waals surface area contributed by atoms with Crippen molar-refractivity contribution in [3.63, 3.8) is 0 Å². The molecule has 0 saturated carbocycles. The van der Waals surface area contributed by atoms with E-state index in [4.69, 9.17) is 9.84 Å². The largest absolute Gasteiger partial charge is 0.478 e. The predicted molar refractivity (Wildman–Crippen MR) is 159 cm³/mol. The maximum Gasteiger partial charge on any atom is 0.335 e. The van der Waals surface area contributed by atoms with Crippen LogP contribution in [0.15, 0.2) is 18.2 Å². The second kappa shape index (κ2) is 12.1. The number of hydrogen-bond acceptors (Lipinski definition) is 6. The van der Waals surface area contributed by atoms with Gasteiger partial charge in [-0.2, -0.15) is 5.10 Å². The molecule has 3 amide bonds. The highest BCUT2D eigenvalue weighted by atomic mass is 16.5. The number of hydrogen-bond donors (Lipinski definition) is 2. The molecule has 11 nitrogen and oxygen atoms in total. The fraction of sp³-hybridized carbons (Fsp3) is 0.594. The second-order valence-electron chi connectivity index (χ2n) is 13.0. The quantitative estimate of drug-likeness (QED) is 0.504. The number of rotatable bonds is 7. The van der Waals surface area contributed by atoms with Crippen LogP contribution < -0.4 is 5.32 Å². The minimum absolute atomic E-state index is 0.0222. The lowest BCUT2D eigenvalue weighted by Crippen LogP contribution is -2.50. The topological polar surface area (TPSA) is 134 Å². The van der Waals surface area contributed by atoms with Gasteiger partial charge in [0.15, 0.2) is 0 Å². The zero-order valence-corrected chi connectivity index (χ0v) is 25.7. The van der Waals surface area contributed by atoms with E-state index in [1.54, 1.807) is 32.7 Å². The maximum atomic E-state index is 13.8. The van der Waals surface area contributed by atoms with Crippen molar-refractivity contribution in [1.29, 1.82) is 0 Å². The van der Waals surface area contributed by atoms with Gasteiger partial charge in [0, 0.05) is 70.5 Å². The lowest BCUT2D eigenvalue weighted by molar-refractivity contribution is -0.130. The molecule has 11 heteroatoms. The van der Waals surface area contributed by atoms with Gasteiger partial charge in [-0.25, -0.2) is 4.79 Å². The van der Waals surface area contributed by atoms with E-state index in [0.29, 0.717) is 82.1 Å². The molecule has 0 atom stereocenters. The molecule has 2 fully saturated rings. The number of benzene rings is 1. The summed E-state index contributed by atoms with van der Waals surface area (Å²) in [6.07, 6.45) is 3.32. The van der Waals surface area contributed by atoms with Crippen LogP contribution in [0.3, 0.4) is 0 Å². The molecule has 3 aliphatic heterocycles. The van der Waals surface area contributed by atoms with Crippen molar-refractivity contribution in [3.8, 4) is 0 Å². The smallest absolute Gasteiger partial charge is 0.335 e. The van der Waals surface area contributed by atoms with E-state index in [-0.39, 0.29) is 28.7 Å². The SMILES string of the molecule is CCn1nc(CC(C)(C)Cc2c(C(=O)O)cccc2C(=O)N2CCN(C(C)=O)CC2)c2c1C(=O)NCC1(CCOCC1)C2. The van der Waals surface area contributed by atoms with Gasteiger partial charge in [-0.3, -0.25) is 19.1 Å². The third kappa shape index (κ3) is 6.32. The Morgan fingerprint density at radius 2 is 1.70 bits per heavy atom. The number of ether oxygens (including phenoxy) is 1. The summed E-state index contributed by atoms with van der Waals surface area (Å²) in [5.41, 5.74) is 2.86. The highest BCUT2D eigenvalue weighted by Gasteiger charge is 2.40. The Morgan fingerprint density at radius 3 is 2.33 bits per heavy atom. The molecule has 1 spiro atoms. The van der Waals surface area contributed by atoms with Crippen molar-refractivity contribution in [3.05, 3.63) is 51.8 Å². The molecule has 2 aromatic rings. The molecular formula is C32H43N5O6. The number of carbonyl (C=O) groups is 4. The third-order valence-electron chi connectivity index (χ3n) is 9.33. The van der Waals surface area contributed by atoms with Crippen LogP contribution in [-0.2, 0) is 35.3 Å². The van der Waals surface area contributed by atoms with Crippen LogP contribution in [0.1, 0.15) is 88.6 Å². The molecular weight excluding hydrogens is 550 g/mol. The van der Waals surface area contributed by atoms with Crippen LogP contribution in [0, 0.1) is 10.8 Å². The van der Waals surface area contributed by atoms with Gasteiger partial charge >= 0.3 is 5.97 Å². The predicted octanol–water partition coefficient (Wildman–Crippen LogP) is 2.80. The van der Waals surface area contributed by atoms with E-state index in [9.17, 15) is 24.3 Å². The van der Waals surface area contributed by atoms with Gasteiger partial charge < -0.3 is 25.0 Å². The number of piperazine rings is 1. The molecule has 2 saturated heterocycles. The third-order valence-corrected chi connectivity index (χ3v) is 9.33. The molecule has 232 valence electrons. The van der Waals surface area contributed by atoms with Crippen LogP contribution in [0.25, 0.3) is 0 Å². The summed E-state index contributed by atoms with van der Waals surface area (Å²) < 4.78 is 7.43. The number of fused-ring (bicyclic) bond motifs is 1. The molecule has 3 aliphatic rings. The summed E-state index contributed by atoms with van der Waals surface area (Å²) >= 11 is 0. The average molecular weight is 594 g/mol. The van der Waals surface area contributed by atoms with Crippen LogP contribution >= 0.6 is 0 Å². The summed E-state index contributed by atoms with van der Waals surface area (Å²) in [7, 11) is 0. The van der Waals surface area contributed by atoms with Crippen molar-refractivity contribution in [2.45, 2.75) is 66.3 Å².